The quantitative estimate of drug-likeness (QED) is 0.564. The first-order chi connectivity index (χ1) is 5.67. The van der Waals surface area contributed by atoms with E-state index in [0.29, 0.717) is 31.2 Å². The Morgan fingerprint density at radius 1 is 1.58 bits per heavy atom. The monoisotopic (exact) mass is 192 g/mol. The summed E-state index contributed by atoms with van der Waals surface area (Å²) in [5.74, 6) is 0. The van der Waals surface area contributed by atoms with Gasteiger partial charge in [0.2, 0.25) is 0 Å². The van der Waals surface area contributed by atoms with Crippen molar-refractivity contribution >= 4 is 7.72 Å². The fraction of sp³-hybridized carbons (Fsp3) is 0.714. The highest BCUT2D eigenvalue weighted by atomic mass is 31.2. The number of nitrogens with two attached hydrogens (primary N) is 1. The van der Waals surface area contributed by atoms with Crippen molar-refractivity contribution in [3.63, 3.8) is 0 Å². The van der Waals surface area contributed by atoms with Crippen LogP contribution in [0.1, 0.15) is 12.8 Å². The summed E-state index contributed by atoms with van der Waals surface area (Å²) in [6.07, 6.45) is 3.50. The summed E-state index contributed by atoms with van der Waals surface area (Å²) in [6.45, 7) is 1.05. The first-order valence-corrected chi connectivity index (χ1v) is 5.92. The van der Waals surface area contributed by atoms with Crippen molar-refractivity contribution in [1.29, 1.82) is 0 Å². The molecule has 0 amide bonds. The van der Waals surface area contributed by atoms with Crippen molar-refractivity contribution in [2.45, 2.75) is 12.8 Å². The SMILES string of the molecule is NCCC[P+](O)(O)C1=CCCO1. The lowest BCUT2D eigenvalue weighted by atomic mass is 10.5. The van der Waals surface area contributed by atoms with Gasteiger partial charge in [-0.25, -0.2) is 9.79 Å². The Kier molecular flexibility index (Phi) is 3.47. The van der Waals surface area contributed by atoms with Crippen LogP contribution in [0, 0.1) is 0 Å². The van der Waals surface area contributed by atoms with Crippen LogP contribution in [-0.4, -0.2) is 29.1 Å². The van der Waals surface area contributed by atoms with Crippen molar-refractivity contribution in [1.82, 2.24) is 0 Å². The van der Waals surface area contributed by atoms with Crippen LogP contribution in [0.4, 0.5) is 0 Å². The molecule has 70 valence electrons. The molecule has 1 aliphatic heterocycles. The van der Waals surface area contributed by atoms with E-state index in [4.69, 9.17) is 10.5 Å². The van der Waals surface area contributed by atoms with Crippen molar-refractivity contribution < 1.29 is 14.5 Å². The minimum Gasteiger partial charge on any atom is -0.462 e. The largest absolute Gasteiger partial charge is 0.462 e. The van der Waals surface area contributed by atoms with Gasteiger partial charge in [-0.2, -0.15) is 0 Å². The van der Waals surface area contributed by atoms with Gasteiger partial charge < -0.3 is 10.5 Å². The first kappa shape index (κ1) is 9.93. The van der Waals surface area contributed by atoms with Crippen molar-refractivity contribution in [3.8, 4) is 0 Å². The second kappa shape index (κ2) is 4.19. The predicted octanol–water partition coefficient (Wildman–Crippen LogP) is 0.429. The Bertz CT molecular complexity index is 181. The molecule has 0 atom stereocenters. The molecule has 0 aromatic rings. The average Bonchev–Trinajstić information content (AvgIpc) is 2.53. The third-order valence-electron chi connectivity index (χ3n) is 1.71. The molecule has 1 heterocycles. The van der Waals surface area contributed by atoms with Crippen LogP contribution in [0.25, 0.3) is 0 Å². The van der Waals surface area contributed by atoms with Gasteiger partial charge in [0.1, 0.15) is 6.16 Å². The van der Waals surface area contributed by atoms with Crippen molar-refractivity contribution in [3.05, 3.63) is 11.6 Å². The zero-order valence-electron chi connectivity index (χ0n) is 6.94. The molecule has 5 heteroatoms. The predicted molar refractivity (Wildman–Crippen MR) is 48.5 cm³/mol. The van der Waals surface area contributed by atoms with E-state index in [1.165, 1.54) is 0 Å². The summed E-state index contributed by atoms with van der Waals surface area (Å²) in [7, 11) is -2.95. The first-order valence-electron chi connectivity index (χ1n) is 4.04. The number of hydrogen-bond acceptors (Lipinski definition) is 4. The van der Waals surface area contributed by atoms with Gasteiger partial charge in [0.05, 0.1) is 6.61 Å². The average molecular weight is 192 g/mol. The minimum atomic E-state index is -2.95. The summed E-state index contributed by atoms with van der Waals surface area (Å²) in [4.78, 5) is 19.1. The van der Waals surface area contributed by atoms with E-state index >= 15 is 0 Å². The molecule has 0 fully saturated rings. The topological polar surface area (TPSA) is 75.7 Å². The molecule has 0 aromatic carbocycles. The fourth-order valence-corrected chi connectivity index (χ4v) is 2.64. The van der Waals surface area contributed by atoms with E-state index in [0.717, 1.165) is 6.42 Å². The molecule has 0 saturated heterocycles. The van der Waals surface area contributed by atoms with Gasteiger partial charge in [0, 0.05) is 12.5 Å². The Hall–Kier alpha value is -0.150. The Labute approximate surface area is 72.5 Å². The molecule has 0 spiro atoms. The second-order valence-corrected chi connectivity index (χ2v) is 5.12. The lowest BCUT2D eigenvalue weighted by Crippen LogP contribution is -2.07. The van der Waals surface area contributed by atoms with Gasteiger partial charge in [-0.05, 0) is 13.0 Å². The Morgan fingerprint density at radius 3 is 2.83 bits per heavy atom. The standard InChI is InChI=1S/C7H15NO3P/c8-4-2-6-12(9,10)7-3-1-5-11-7/h3,9-10H,1-2,4-6,8H2/q+1. The highest BCUT2D eigenvalue weighted by Gasteiger charge is 2.41. The molecular formula is C7H15NO3P+. The highest BCUT2D eigenvalue weighted by Crippen LogP contribution is 2.59. The summed E-state index contributed by atoms with van der Waals surface area (Å²) in [5.41, 5.74) is 5.65. The summed E-state index contributed by atoms with van der Waals surface area (Å²) in [5, 5.41) is 0. The number of ether oxygens (including phenoxy) is 1. The van der Waals surface area contributed by atoms with Crippen LogP contribution in [0.15, 0.2) is 11.6 Å². The van der Waals surface area contributed by atoms with Crippen molar-refractivity contribution in [2.75, 3.05) is 19.3 Å². The van der Waals surface area contributed by atoms with E-state index in [1.807, 2.05) is 0 Å². The van der Waals surface area contributed by atoms with Gasteiger partial charge in [0.25, 0.3) is 5.50 Å². The number of rotatable bonds is 4. The lowest BCUT2D eigenvalue weighted by Gasteiger charge is -2.11. The van der Waals surface area contributed by atoms with Gasteiger partial charge in [-0.1, -0.05) is 0 Å². The van der Waals surface area contributed by atoms with E-state index in [1.54, 1.807) is 6.08 Å². The summed E-state index contributed by atoms with van der Waals surface area (Å²) < 4.78 is 5.08. The fourth-order valence-electron chi connectivity index (χ4n) is 1.08. The summed E-state index contributed by atoms with van der Waals surface area (Å²) in [6, 6.07) is 0. The molecule has 4 nitrogen and oxygen atoms in total. The maximum Gasteiger partial charge on any atom is 0.336 e. The van der Waals surface area contributed by atoms with Gasteiger partial charge in [0.15, 0.2) is 0 Å². The van der Waals surface area contributed by atoms with E-state index in [2.05, 4.69) is 0 Å². The molecular weight excluding hydrogens is 177 g/mol. The zero-order valence-corrected chi connectivity index (χ0v) is 7.83. The smallest absolute Gasteiger partial charge is 0.336 e. The molecule has 0 saturated carbocycles. The maximum atomic E-state index is 9.56. The minimum absolute atomic E-state index is 0.343. The normalized spacial score (nSPS) is 17.4. The van der Waals surface area contributed by atoms with Crippen LogP contribution in [0.2, 0.25) is 0 Å². The maximum absolute atomic E-state index is 9.56. The molecule has 0 aliphatic carbocycles. The molecule has 0 radical (unpaired) electrons. The van der Waals surface area contributed by atoms with E-state index in [-0.39, 0.29) is 0 Å². The molecule has 1 rings (SSSR count). The molecule has 4 N–H and O–H groups in total. The summed E-state index contributed by atoms with van der Waals surface area (Å²) >= 11 is 0. The van der Waals surface area contributed by atoms with E-state index in [9.17, 15) is 9.79 Å². The molecule has 1 aliphatic rings. The van der Waals surface area contributed by atoms with E-state index < -0.39 is 7.72 Å². The van der Waals surface area contributed by atoms with Gasteiger partial charge >= 0.3 is 7.72 Å². The lowest BCUT2D eigenvalue weighted by molar-refractivity contribution is 0.252. The second-order valence-electron chi connectivity index (χ2n) is 2.78. The molecule has 0 aromatic heterocycles. The van der Waals surface area contributed by atoms with Crippen LogP contribution in [0.3, 0.4) is 0 Å². The van der Waals surface area contributed by atoms with Crippen LogP contribution in [0.5, 0.6) is 0 Å². The zero-order chi connectivity index (χ0) is 9.03. The molecule has 0 bridgehead atoms. The molecule has 12 heavy (non-hydrogen) atoms. The Balaban J connectivity index is 2.45. The van der Waals surface area contributed by atoms with Crippen LogP contribution >= 0.6 is 7.72 Å². The third kappa shape index (κ3) is 2.42. The van der Waals surface area contributed by atoms with Gasteiger partial charge in [-0.15, -0.1) is 0 Å². The third-order valence-corrected chi connectivity index (χ3v) is 3.67. The Morgan fingerprint density at radius 2 is 2.33 bits per heavy atom. The van der Waals surface area contributed by atoms with Gasteiger partial charge in [-0.3, -0.25) is 0 Å². The van der Waals surface area contributed by atoms with Crippen LogP contribution < -0.4 is 5.73 Å². The number of hydrogen-bond donors (Lipinski definition) is 3. The molecule has 0 unspecified atom stereocenters. The highest BCUT2D eigenvalue weighted by molar-refractivity contribution is 7.68. The van der Waals surface area contributed by atoms with Crippen LogP contribution in [-0.2, 0) is 4.74 Å². The van der Waals surface area contributed by atoms with Crippen molar-refractivity contribution in [2.24, 2.45) is 5.73 Å².